The molecule has 0 unspecified atom stereocenters. The Bertz CT molecular complexity index is 446. The zero-order valence-corrected chi connectivity index (χ0v) is 11.4. The summed E-state index contributed by atoms with van der Waals surface area (Å²) in [6.45, 7) is 1.54. The Balaban J connectivity index is 2.70. The molecule has 0 fully saturated rings. The highest BCUT2D eigenvalue weighted by molar-refractivity contribution is 9.10. The number of hydrogen-bond acceptors (Lipinski definition) is 3. The first-order chi connectivity index (χ1) is 7.63. The summed E-state index contributed by atoms with van der Waals surface area (Å²) in [7, 11) is 1.61. The van der Waals surface area contributed by atoms with Crippen molar-refractivity contribution in [2.24, 2.45) is 0 Å². The molecule has 4 heteroatoms. The topological polar surface area (TPSA) is 26.3 Å². The number of methoxy groups -OCH3 is 1. The van der Waals surface area contributed by atoms with Gasteiger partial charge in [0, 0.05) is 12.5 Å². The summed E-state index contributed by atoms with van der Waals surface area (Å²) in [6, 6.07) is 5.65. The summed E-state index contributed by atoms with van der Waals surface area (Å²) in [5.41, 5.74) is 0.879. The lowest BCUT2D eigenvalue weighted by atomic mass is 10.2. The molecule has 1 aromatic carbocycles. The van der Waals surface area contributed by atoms with E-state index in [1.165, 1.54) is 18.7 Å². The van der Waals surface area contributed by atoms with Gasteiger partial charge < -0.3 is 4.74 Å². The third-order valence-electron chi connectivity index (χ3n) is 1.73. The van der Waals surface area contributed by atoms with Crippen LogP contribution in [-0.4, -0.2) is 18.0 Å². The lowest BCUT2D eigenvalue weighted by molar-refractivity contribution is -0.109. The standard InChI is InChI=1S/C12H11BrO2S/c1-9(14)16-7-3-4-10-5-6-11(13)12(8-10)15-2/h5-6,8H,7H2,1-2H3. The zero-order valence-electron chi connectivity index (χ0n) is 9.04. The third kappa shape index (κ3) is 4.30. The van der Waals surface area contributed by atoms with Crippen molar-refractivity contribution in [3.05, 3.63) is 28.2 Å². The van der Waals surface area contributed by atoms with E-state index in [0.29, 0.717) is 5.75 Å². The van der Waals surface area contributed by atoms with Gasteiger partial charge in [-0.1, -0.05) is 23.6 Å². The van der Waals surface area contributed by atoms with E-state index in [1.54, 1.807) is 7.11 Å². The number of rotatable bonds is 2. The van der Waals surface area contributed by atoms with Crippen LogP contribution in [0.4, 0.5) is 0 Å². The van der Waals surface area contributed by atoms with Gasteiger partial charge in [-0.3, -0.25) is 4.79 Å². The molecule has 0 aromatic heterocycles. The Labute approximate surface area is 108 Å². The first-order valence-electron chi connectivity index (χ1n) is 4.59. The molecule has 0 heterocycles. The predicted octanol–water partition coefficient (Wildman–Crippen LogP) is 3.09. The van der Waals surface area contributed by atoms with Gasteiger partial charge in [0.2, 0.25) is 0 Å². The molecule has 0 aliphatic rings. The van der Waals surface area contributed by atoms with Gasteiger partial charge in [-0.15, -0.1) is 0 Å². The van der Waals surface area contributed by atoms with Crippen molar-refractivity contribution >= 4 is 32.8 Å². The van der Waals surface area contributed by atoms with Gasteiger partial charge in [0.1, 0.15) is 5.75 Å². The van der Waals surface area contributed by atoms with Crippen LogP contribution < -0.4 is 4.74 Å². The van der Waals surface area contributed by atoms with E-state index in [9.17, 15) is 4.79 Å². The number of carbonyl (C=O) groups excluding carboxylic acids is 1. The van der Waals surface area contributed by atoms with Gasteiger partial charge in [-0.25, -0.2) is 0 Å². The van der Waals surface area contributed by atoms with Crippen LogP contribution in [0.5, 0.6) is 5.75 Å². The average molecular weight is 299 g/mol. The van der Waals surface area contributed by atoms with Crippen LogP contribution in [-0.2, 0) is 4.79 Å². The second kappa shape index (κ2) is 6.62. The molecule has 0 N–H and O–H groups in total. The van der Waals surface area contributed by atoms with E-state index in [0.717, 1.165) is 15.8 Å². The van der Waals surface area contributed by atoms with Crippen LogP contribution in [0.15, 0.2) is 22.7 Å². The van der Waals surface area contributed by atoms with Crippen molar-refractivity contribution in [3.8, 4) is 17.6 Å². The van der Waals surface area contributed by atoms with E-state index in [2.05, 4.69) is 27.8 Å². The van der Waals surface area contributed by atoms with E-state index in [4.69, 9.17) is 4.74 Å². The number of benzene rings is 1. The van der Waals surface area contributed by atoms with Crippen molar-refractivity contribution in [1.82, 2.24) is 0 Å². The highest BCUT2D eigenvalue weighted by Crippen LogP contribution is 2.25. The monoisotopic (exact) mass is 298 g/mol. The summed E-state index contributed by atoms with van der Waals surface area (Å²) in [4.78, 5) is 10.7. The quantitative estimate of drug-likeness (QED) is 0.785. The first kappa shape index (κ1) is 13.1. The number of halogens is 1. The Morgan fingerprint density at radius 1 is 1.56 bits per heavy atom. The Kier molecular flexibility index (Phi) is 5.44. The van der Waals surface area contributed by atoms with E-state index >= 15 is 0 Å². The molecule has 0 aliphatic carbocycles. The van der Waals surface area contributed by atoms with Crippen LogP contribution in [0, 0.1) is 11.8 Å². The molecule has 0 saturated heterocycles. The molecule has 0 amide bonds. The smallest absolute Gasteiger partial charge is 0.186 e. The summed E-state index contributed by atoms with van der Waals surface area (Å²) in [5, 5.41) is 0.0858. The SMILES string of the molecule is COc1cc(C#CCSC(C)=O)ccc1Br. The lowest BCUT2D eigenvalue weighted by Crippen LogP contribution is -1.86. The average Bonchev–Trinajstić information content (AvgIpc) is 2.26. The van der Waals surface area contributed by atoms with Gasteiger partial charge in [-0.2, -0.15) is 0 Å². The molecule has 2 nitrogen and oxygen atoms in total. The van der Waals surface area contributed by atoms with Crippen LogP contribution >= 0.6 is 27.7 Å². The molecule has 0 saturated carbocycles. The first-order valence-corrected chi connectivity index (χ1v) is 6.37. The van der Waals surface area contributed by atoms with Crippen LogP contribution in [0.1, 0.15) is 12.5 Å². The molecule has 1 aromatic rings. The minimum atomic E-state index is 0.0858. The summed E-state index contributed by atoms with van der Waals surface area (Å²) < 4.78 is 6.06. The summed E-state index contributed by atoms with van der Waals surface area (Å²) in [6.07, 6.45) is 0. The minimum Gasteiger partial charge on any atom is -0.496 e. The molecule has 1 rings (SSSR count). The van der Waals surface area contributed by atoms with Crippen molar-refractivity contribution in [2.45, 2.75) is 6.92 Å². The van der Waals surface area contributed by atoms with Crippen molar-refractivity contribution < 1.29 is 9.53 Å². The predicted molar refractivity (Wildman–Crippen MR) is 70.7 cm³/mol. The molecule has 84 valence electrons. The van der Waals surface area contributed by atoms with E-state index in [1.807, 2.05) is 18.2 Å². The molecular weight excluding hydrogens is 288 g/mol. The van der Waals surface area contributed by atoms with E-state index < -0.39 is 0 Å². The minimum absolute atomic E-state index is 0.0858. The molecule has 0 aliphatic heterocycles. The normalized spacial score (nSPS) is 9.19. The number of hydrogen-bond donors (Lipinski definition) is 0. The van der Waals surface area contributed by atoms with Gasteiger partial charge in [0.25, 0.3) is 0 Å². The molecular formula is C12H11BrO2S. The molecule has 0 radical (unpaired) electrons. The fourth-order valence-electron chi connectivity index (χ4n) is 1.01. The van der Waals surface area contributed by atoms with Gasteiger partial charge in [-0.05, 0) is 34.1 Å². The Morgan fingerprint density at radius 2 is 2.31 bits per heavy atom. The zero-order chi connectivity index (χ0) is 12.0. The molecule has 16 heavy (non-hydrogen) atoms. The fraction of sp³-hybridized carbons (Fsp3) is 0.250. The third-order valence-corrected chi connectivity index (χ3v) is 3.08. The van der Waals surface area contributed by atoms with Gasteiger partial charge in [0.15, 0.2) is 5.12 Å². The molecule has 0 atom stereocenters. The fourth-order valence-corrected chi connectivity index (χ4v) is 1.77. The second-order valence-corrected chi connectivity index (χ2v) is 4.94. The highest BCUT2D eigenvalue weighted by atomic mass is 79.9. The van der Waals surface area contributed by atoms with Crippen LogP contribution in [0.3, 0.4) is 0 Å². The van der Waals surface area contributed by atoms with Gasteiger partial charge >= 0.3 is 0 Å². The van der Waals surface area contributed by atoms with Crippen molar-refractivity contribution in [2.75, 3.05) is 12.9 Å². The van der Waals surface area contributed by atoms with Crippen molar-refractivity contribution in [3.63, 3.8) is 0 Å². The largest absolute Gasteiger partial charge is 0.496 e. The maximum absolute atomic E-state index is 10.7. The Hall–Kier alpha value is -0.920. The van der Waals surface area contributed by atoms with Gasteiger partial charge in [0.05, 0.1) is 17.3 Å². The summed E-state index contributed by atoms with van der Waals surface area (Å²) in [5.74, 6) is 7.18. The van der Waals surface area contributed by atoms with Crippen molar-refractivity contribution in [1.29, 1.82) is 0 Å². The number of carbonyl (C=O) groups is 1. The number of ether oxygens (including phenoxy) is 1. The Morgan fingerprint density at radius 3 is 2.94 bits per heavy atom. The summed E-state index contributed by atoms with van der Waals surface area (Å²) >= 11 is 4.58. The maximum Gasteiger partial charge on any atom is 0.186 e. The van der Waals surface area contributed by atoms with E-state index in [-0.39, 0.29) is 5.12 Å². The maximum atomic E-state index is 10.7. The number of thioether (sulfide) groups is 1. The lowest BCUT2D eigenvalue weighted by Gasteiger charge is -2.02. The van der Waals surface area contributed by atoms with Crippen LogP contribution in [0.25, 0.3) is 0 Å². The second-order valence-electron chi connectivity index (χ2n) is 2.93. The van der Waals surface area contributed by atoms with Crippen LogP contribution in [0.2, 0.25) is 0 Å². The highest BCUT2D eigenvalue weighted by Gasteiger charge is 1.99. The molecule has 0 bridgehead atoms. The molecule has 0 spiro atoms.